The number of anilines is 1. The topological polar surface area (TPSA) is 122 Å². The molecule has 2 N–H and O–H groups in total. The Hall–Kier alpha value is -4.14. The summed E-state index contributed by atoms with van der Waals surface area (Å²) in [5.41, 5.74) is 3.67. The predicted octanol–water partition coefficient (Wildman–Crippen LogP) is 3.58. The Morgan fingerprint density at radius 1 is 1.12 bits per heavy atom. The van der Waals surface area contributed by atoms with Crippen molar-refractivity contribution in [1.82, 2.24) is 10.1 Å². The molecule has 0 radical (unpaired) electrons. The van der Waals surface area contributed by atoms with Crippen molar-refractivity contribution in [2.75, 3.05) is 25.0 Å². The number of benzene rings is 2. The van der Waals surface area contributed by atoms with Gasteiger partial charge in [0.1, 0.15) is 6.61 Å². The molecule has 3 aliphatic rings. The summed E-state index contributed by atoms with van der Waals surface area (Å²) in [6.45, 7) is 0.688. The minimum absolute atomic E-state index is 0.00999. The number of aliphatic carboxylic acids is 1. The van der Waals surface area contributed by atoms with Crippen molar-refractivity contribution in [2.45, 2.75) is 12.3 Å². The van der Waals surface area contributed by atoms with Gasteiger partial charge < -0.3 is 19.3 Å². The number of carbonyl (C=O) groups excluding carboxylic acids is 2. The van der Waals surface area contributed by atoms with Gasteiger partial charge in [-0.25, -0.2) is 4.79 Å². The van der Waals surface area contributed by atoms with Crippen LogP contribution < -0.4 is 5.32 Å². The summed E-state index contributed by atoms with van der Waals surface area (Å²) in [7, 11) is 0. The van der Waals surface area contributed by atoms with E-state index in [9.17, 15) is 19.5 Å². The molecule has 2 fully saturated rings. The number of ether oxygens (including phenoxy) is 1. The van der Waals surface area contributed by atoms with Crippen LogP contribution in [-0.4, -0.2) is 52.8 Å². The summed E-state index contributed by atoms with van der Waals surface area (Å²) >= 11 is 0. The zero-order valence-corrected chi connectivity index (χ0v) is 18.1. The number of fused-ring (bicyclic) bond motifs is 4. The summed E-state index contributed by atoms with van der Waals surface area (Å²) in [4.78, 5) is 38.0. The lowest BCUT2D eigenvalue weighted by Crippen LogP contribution is -2.34. The SMILES string of the molecule is O=C(Nc1cc(C(=O)N2CC3CC3(C(=O)O)C2)no1)OCC1c2ccccc2-c2ccccc21. The van der Waals surface area contributed by atoms with Crippen molar-refractivity contribution in [3.8, 4) is 11.1 Å². The molecule has 2 unspecified atom stereocenters. The number of carboxylic acid groups (broad SMARTS) is 1. The number of nitrogens with one attached hydrogen (secondary N) is 1. The number of rotatable bonds is 5. The normalized spacial score (nSPS) is 22.0. The first kappa shape index (κ1) is 20.5. The highest BCUT2D eigenvalue weighted by molar-refractivity contribution is 5.95. The van der Waals surface area contributed by atoms with Gasteiger partial charge in [0.05, 0.1) is 5.41 Å². The average molecular weight is 459 g/mol. The second kappa shape index (κ2) is 7.44. The highest BCUT2D eigenvalue weighted by atomic mass is 16.6. The van der Waals surface area contributed by atoms with Gasteiger partial charge in [-0.3, -0.25) is 14.9 Å². The Kier molecular flexibility index (Phi) is 4.48. The highest BCUT2D eigenvalue weighted by Gasteiger charge is 2.66. The summed E-state index contributed by atoms with van der Waals surface area (Å²) in [6.07, 6.45) is -0.122. The Labute approximate surface area is 194 Å². The third kappa shape index (κ3) is 3.15. The molecule has 2 amide bonds. The van der Waals surface area contributed by atoms with Crippen LogP contribution in [0.2, 0.25) is 0 Å². The van der Waals surface area contributed by atoms with Gasteiger partial charge in [-0.1, -0.05) is 53.7 Å². The van der Waals surface area contributed by atoms with Gasteiger partial charge in [-0.05, 0) is 34.6 Å². The van der Waals surface area contributed by atoms with Crippen LogP contribution in [0.3, 0.4) is 0 Å². The van der Waals surface area contributed by atoms with Crippen molar-refractivity contribution in [3.05, 3.63) is 71.4 Å². The van der Waals surface area contributed by atoms with Crippen LogP contribution in [0, 0.1) is 11.3 Å². The highest BCUT2D eigenvalue weighted by Crippen LogP contribution is 2.58. The van der Waals surface area contributed by atoms with Gasteiger partial charge in [0, 0.05) is 25.1 Å². The molecule has 0 spiro atoms. The first-order valence-corrected chi connectivity index (χ1v) is 11.1. The number of carbonyl (C=O) groups is 3. The molecular formula is C25H21N3O6. The van der Waals surface area contributed by atoms with Crippen LogP contribution in [0.25, 0.3) is 11.1 Å². The van der Waals surface area contributed by atoms with Crippen molar-refractivity contribution in [2.24, 2.45) is 11.3 Å². The van der Waals surface area contributed by atoms with Crippen molar-refractivity contribution in [1.29, 1.82) is 0 Å². The fraction of sp³-hybridized carbons (Fsp3) is 0.280. The zero-order valence-electron chi connectivity index (χ0n) is 18.1. The van der Waals surface area contributed by atoms with Crippen LogP contribution in [-0.2, 0) is 9.53 Å². The molecule has 1 saturated carbocycles. The minimum Gasteiger partial charge on any atom is -0.481 e. The van der Waals surface area contributed by atoms with E-state index in [-0.39, 0.29) is 36.6 Å². The summed E-state index contributed by atoms with van der Waals surface area (Å²) in [5.74, 6) is -1.40. The van der Waals surface area contributed by atoms with Gasteiger partial charge in [0.2, 0.25) is 5.88 Å². The Morgan fingerprint density at radius 3 is 2.44 bits per heavy atom. The van der Waals surface area contributed by atoms with E-state index < -0.39 is 23.4 Å². The van der Waals surface area contributed by atoms with Crippen LogP contribution >= 0.6 is 0 Å². The maximum atomic E-state index is 12.7. The fourth-order valence-electron chi connectivity index (χ4n) is 5.30. The lowest BCUT2D eigenvalue weighted by Gasteiger charge is -2.17. The van der Waals surface area contributed by atoms with Crippen molar-refractivity contribution in [3.63, 3.8) is 0 Å². The average Bonchev–Trinajstić information content (AvgIpc) is 3.16. The lowest BCUT2D eigenvalue weighted by atomic mass is 9.98. The van der Waals surface area contributed by atoms with Gasteiger partial charge in [-0.2, -0.15) is 0 Å². The Bertz CT molecular complexity index is 1290. The van der Waals surface area contributed by atoms with Crippen LogP contribution in [0.15, 0.2) is 59.1 Å². The molecule has 3 aromatic rings. The second-order valence-electron chi connectivity index (χ2n) is 9.07. The maximum Gasteiger partial charge on any atom is 0.414 e. The quantitative estimate of drug-likeness (QED) is 0.598. The smallest absolute Gasteiger partial charge is 0.414 e. The number of amides is 2. The van der Waals surface area contributed by atoms with Gasteiger partial charge in [0.25, 0.3) is 5.91 Å². The maximum absolute atomic E-state index is 12.7. The second-order valence-corrected chi connectivity index (χ2v) is 9.07. The number of carboxylic acids is 1. The molecule has 2 aliphatic carbocycles. The molecule has 9 nitrogen and oxygen atoms in total. The third-order valence-electron chi connectivity index (χ3n) is 7.16. The van der Waals surface area contributed by atoms with Crippen molar-refractivity contribution < 1.29 is 28.8 Å². The third-order valence-corrected chi connectivity index (χ3v) is 7.16. The van der Waals surface area contributed by atoms with Crippen LogP contribution in [0.1, 0.15) is 34.0 Å². The Morgan fingerprint density at radius 2 is 1.79 bits per heavy atom. The van der Waals surface area contributed by atoms with Crippen LogP contribution in [0.4, 0.5) is 10.7 Å². The summed E-state index contributed by atoms with van der Waals surface area (Å²) in [6, 6.07) is 17.4. The van der Waals surface area contributed by atoms with Crippen molar-refractivity contribution >= 4 is 23.9 Å². The molecule has 2 aromatic carbocycles. The van der Waals surface area contributed by atoms with E-state index in [1.165, 1.54) is 11.0 Å². The number of nitrogens with zero attached hydrogens (tertiary/aromatic N) is 2. The van der Waals surface area contributed by atoms with E-state index in [1.807, 2.05) is 36.4 Å². The molecule has 172 valence electrons. The first-order valence-electron chi connectivity index (χ1n) is 11.1. The minimum atomic E-state index is -0.870. The van der Waals surface area contributed by atoms with Gasteiger partial charge in [-0.15, -0.1) is 0 Å². The van der Waals surface area contributed by atoms with E-state index in [0.29, 0.717) is 13.0 Å². The van der Waals surface area contributed by atoms with Gasteiger partial charge >= 0.3 is 12.1 Å². The number of likely N-dealkylation sites (tertiary alicyclic amines) is 1. The molecule has 9 heteroatoms. The lowest BCUT2D eigenvalue weighted by molar-refractivity contribution is -0.143. The number of hydrogen-bond acceptors (Lipinski definition) is 6. The van der Waals surface area contributed by atoms with E-state index in [1.54, 1.807) is 0 Å². The monoisotopic (exact) mass is 459 g/mol. The number of piperidine rings is 1. The molecule has 1 aliphatic heterocycles. The number of aromatic nitrogens is 1. The molecule has 6 rings (SSSR count). The molecule has 1 saturated heterocycles. The van der Waals surface area contributed by atoms with Crippen LogP contribution in [0.5, 0.6) is 0 Å². The number of hydrogen-bond donors (Lipinski definition) is 2. The summed E-state index contributed by atoms with van der Waals surface area (Å²) in [5, 5.41) is 15.6. The standard InChI is InChI=1S/C25H21N3O6/c29-22(28-11-14-10-25(14,13-28)23(30)31)20-9-21(34-27-20)26-24(32)33-12-19-17-7-3-1-5-15(17)16-6-2-4-8-18(16)19/h1-9,14,19H,10-13H2,(H,26,32)(H,30,31). The molecule has 2 atom stereocenters. The molecular weight excluding hydrogens is 438 g/mol. The largest absolute Gasteiger partial charge is 0.481 e. The van der Waals surface area contributed by atoms with Gasteiger partial charge in [0.15, 0.2) is 5.69 Å². The molecule has 1 aromatic heterocycles. The molecule has 34 heavy (non-hydrogen) atoms. The van der Waals surface area contributed by atoms with E-state index in [4.69, 9.17) is 9.26 Å². The Balaban J connectivity index is 1.08. The molecule has 2 heterocycles. The summed E-state index contributed by atoms with van der Waals surface area (Å²) < 4.78 is 10.6. The van der Waals surface area contributed by atoms with E-state index >= 15 is 0 Å². The van der Waals surface area contributed by atoms with E-state index in [2.05, 4.69) is 22.6 Å². The molecule has 0 bridgehead atoms. The zero-order chi connectivity index (χ0) is 23.4. The predicted molar refractivity (Wildman–Crippen MR) is 119 cm³/mol. The van der Waals surface area contributed by atoms with E-state index in [0.717, 1.165) is 22.3 Å². The fourth-order valence-corrected chi connectivity index (χ4v) is 5.30. The first-order chi connectivity index (χ1) is 16.5.